The van der Waals surface area contributed by atoms with E-state index < -0.39 is 0 Å². The van der Waals surface area contributed by atoms with Crippen LogP contribution in [-0.2, 0) is 12.3 Å². The van der Waals surface area contributed by atoms with Crippen LogP contribution in [0.2, 0.25) is 0 Å². The molecule has 1 heterocycles. The molecule has 1 aromatic rings. The van der Waals surface area contributed by atoms with E-state index in [2.05, 4.69) is 46.9 Å². The van der Waals surface area contributed by atoms with Crippen LogP contribution < -0.4 is 5.32 Å². The number of thiazole rings is 1. The number of hydrogen-bond acceptors (Lipinski definition) is 4. The first-order chi connectivity index (χ1) is 8.93. The summed E-state index contributed by atoms with van der Waals surface area (Å²) in [5, 5.41) is 5.52. The van der Waals surface area contributed by atoms with Crippen molar-refractivity contribution in [2.24, 2.45) is 0 Å². The van der Waals surface area contributed by atoms with E-state index in [0.29, 0.717) is 12.0 Å². The molecule has 0 saturated heterocycles. The maximum atomic E-state index is 4.85. The monoisotopic (exact) mass is 300 g/mol. The lowest BCUT2D eigenvalue weighted by Crippen LogP contribution is -2.22. The van der Waals surface area contributed by atoms with Crippen LogP contribution in [0.4, 0.5) is 0 Å². The quantitative estimate of drug-likeness (QED) is 0.746. The van der Waals surface area contributed by atoms with E-state index in [9.17, 15) is 0 Å². The summed E-state index contributed by atoms with van der Waals surface area (Å²) in [6.07, 6.45) is 1.23. The summed E-state index contributed by atoms with van der Waals surface area (Å²) in [7, 11) is 0. The Morgan fingerprint density at radius 1 is 1.21 bits per heavy atom. The molecule has 0 saturated carbocycles. The van der Waals surface area contributed by atoms with E-state index in [-0.39, 0.29) is 0 Å². The first kappa shape index (κ1) is 17.0. The first-order valence-corrected chi connectivity index (χ1v) is 9.14. The van der Waals surface area contributed by atoms with E-state index >= 15 is 0 Å². The van der Waals surface area contributed by atoms with Gasteiger partial charge in [0.05, 0.1) is 5.69 Å². The average Bonchev–Trinajstić information content (AvgIpc) is 2.76. The summed E-state index contributed by atoms with van der Waals surface area (Å²) >= 11 is 3.90. The Kier molecular flexibility index (Phi) is 7.40. The molecule has 0 fully saturated rings. The van der Waals surface area contributed by atoms with Gasteiger partial charge in [0.15, 0.2) is 0 Å². The Labute approximate surface area is 126 Å². The molecule has 1 N–H and O–H groups in total. The number of nitrogens with one attached hydrogen (secondary N) is 1. The predicted octanol–water partition coefficient (Wildman–Crippen LogP) is 4.80. The zero-order valence-corrected chi connectivity index (χ0v) is 14.8. The molecule has 110 valence electrons. The highest BCUT2D eigenvalue weighted by atomic mass is 32.2. The molecule has 2 nitrogen and oxygen atoms in total. The third kappa shape index (κ3) is 5.84. The molecule has 0 aliphatic carbocycles. The highest BCUT2D eigenvalue weighted by Gasteiger charge is 2.14. The van der Waals surface area contributed by atoms with E-state index in [1.807, 2.05) is 23.1 Å². The maximum absolute atomic E-state index is 4.85. The zero-order valence-electron chi connectivity index (χ0n) is 13.1. The van der Waals surface area contributed by atoms with Crippen LogP contribution in [0.15, 0.2) is 0 Å². The highest BCUT2D eigenvalue weighted by Crippen LogP contribution is 2.29. The summed E-state index contributed by atoms with van der Waals surface area (Å²) < 4.78 is 0. The van der Waals surface area contributed by atoms with Crippen molar-refractivity contribution in [3.8, 4) is 0 Å². The summed E-state index contributed by atoms with van der Waals surface area (Å²) in [5.41, 5.74) is 1.29. The largest absolute Gasteiger partial charge is 0.310 e. The van der Waals surface area contributed by atoms with Gasteiger partial charge in [-0.1, -0.05) is 41.5 Å². The molecule has 0 bridgehead atoms. The zero-order chi connectivity index (χ0) is 14.4. The van der Waals surface area contributed by atoms with Gasteiger partial charge >= 0.3 is 0 Å². The van der Waals surface area contributed by atoms with E-state index in [0.717, 1.165) is 17.5 Å². The van der Waals surface area contributed by atoms with Gasteiger partial charge in [0.2, 0.25) is 0 Å². The van der Waals surface area contributed by atoms with Crippen molar-refractivity contribution >= 4 is 23.1 Å². The third-order valence-electron chi connectivity index (χ3n) is 3.06. The van der Waals surface area contributed by atoms with Crippen LogP contribution in [0.3, 0.4) is 0 Å². The minimum Gasteiger partial charge on any atom is -0.310 e. The van der Waals surface area contributed by atoms with Gasteiger partial charge in [0, 0.05) is 28.5 Å². The molecule has 0 aliphatic heterocycles. The number of nitrogens with zero attached hydrogens (tertiary/aromatic N) is 1. The molecule has 1 aromatic heterocycles. The standard InChI is InChI=1S/C15H28N2S2/c1-7-12(6)18-9-14-17-15(10(2)3)13(19-14)8-16-11(4)5/h10-12,16H,7-9H2,1-6H3. The SMILES string of the molecule is CCC(C)SCc1nc(C(C)C)c(CNC(C)C)s1. The van der Waals surface area contributed by atoms with Crippen molar-refractivity contribution in [2.45, 2.75) is 77.5 Å². The van der Waals surface area contributed by atoms with Gasteiger partial charge < -0.3 is 5.32 Å². The van der Waals surface area contributed by atoms with Crippen molar-refractivity contribution in [2.75, 3.05) is 0 Å². The van der Waals surface area contributed by atoms with Crippen molar-refractivity contribution in [1.82, 2.24) is 10.3 Å². The van der Waals surface area contributed by atoms with Crippen LogP contribution in [0.25, 0.3) is 0 Å². The average molecular weight is 301 g/mol. The minimum atomic E-state index is 0.516. The second-order valence-corrected chi connectivity index (χ2v) is 8.23. The molecule has 1 rings (SSSR count). The molecule has 0 amide bonds. The van der Waals surface area contributed by atoms with Crippen LogP contribution in [0.1, 0.15) is 69.5 Å². The molecule has 0 aromatic carbocycles. The fourth-order valence-electron chi connectivity index (χ4n) is 1.68. The van der Waals surface area contributed by atoms with Gasteiger partial charge in [-0.05, 0) is 12.3 Å². The lowest BCUT2D eigenvalue weighted by Gasteiger charge is -2.09. The Morgan fingerprint density at radius 2 is 1.89 bits per heavy atom. The summed E-state index contributed by atoms with van der Waals surface area (Å²) in [4.78, 5) is 6.27. The topological polar surface area (TPSA) is 24.9 Å². The highest BCUT2D eigenvalue weighted by molar-refractivity contribution is 7.99. The van der Waals surface area contributed by atoms with Crippen LogP contribution >= 0.6 is 23.1 Å². The molecule has 4 heteroatoms. The second kappa shape index (κ2) is 8.28. The smallest absolute Gasteiger partial charge is 0.103 e. The molecule has 1 unspecified atom stereocenters. The van der Waals surface area contributed by atoms with Gasteiger partial charge in [-0.3, -0.25) is 0 Å². The van der Waals surface area contributed by atoms with Gasteiger partial charge in [0.25, 0.3) is 0 Å². The summed E-state index contributed by atoms with van der Waals surface area (Å²) in [6, 6.07) is 0.528. The minimum absolute atomic E-state index is 0.516. The Morgan fingerprint density at radius 3 is 2.42 bits per heavy atom. The fraction of sp³-hybridized carbons (Fsp3) is 0.800. The molecule has 0 aliphatic rings. The number of hydrogen-bond donors (Lipinski definition) is 1. The number of aromatic nitrogens is 1. The molecule has 19 heavy (non-hydrogen) atoms. The molecule has 1 atom stereocenters. The Hall–Kier alpha value is -0.0600. The van der Waals surface area contributed by atoms with Crippen LogP contribution in [0.5, 0.6) is 0 Å². The predicted molar refractivity (Wildman–Crippen MR) is 89.2 cm³/mol. The van der Waals surface area contributed by atoms with E-state index in [1.165, 1.54) is 22.0 Å². The van der Waals surface area contributed by atoms with Gasteiger partial charge in [-0.25, -0.2) is 4.98 Å². The Bertz CT molecular complexity index is 372. The van der Waals surface area contributed by atoms with Gasteiger partial charge in [-0.15, -0.1) is 11.3 Å². The summed E-state index contributed by atoms with van der Waals surface area (Å²) in [5.74, 6) is 1.57. The van der Waals surface area contributed by atoms with Gasteiger partial charge in [-0.2, -0.15) is 11.8 Å². The molecular formula is C15H28N2S2. The van der Waals surface area contributed by atoms with Crippen LogP contribution in [0, 0.1) is 0 Å². The third-order valence-corrected chi connectivity index (χ3v) is 5.65. The lowest BCUT2D eigenvalue weighted by molar-refractivity contribution is 0.588. The van der Waals surface area contributed by atoms with Crippen molar-refractivity contribution in [3.05, 3.63) is 15.6 Å². The van der Waals surface area contributed by atoms with Crippen molar-refractivity contribution in [1.29, 1.82) is 0 Å². The van der Waals surface area contributed by atoms with Crippen molar-refractivity contribution < 1.29 is 0 Å². The lowest BCUT2D eigenvalue weighted by atomic mass is 10.1. The normalized spacial score (nSPS) is 13.5. The number of thioether (sulfide) groups is 1. The first-order valence-electron chi connectivity index (χ1n) is 7.27. The molecule has 0 spiro atoms. The maximum Gasteiger partial charge on any atom is 0.103 e. The summed E-state index contributed by atoms with van der Waals surface area (Å²) in [6.45, 7) is 14.3. The van der Waals surface area contributed by atoms with Crippen LogP contribution in [-0.4, -0.2) is 16.3 Å². The fourth-order valence-corrected chi connectivity index (χ4v) is 3.82. The second-order valence-electron chi connectivity index (χ2n) is 5.64. The van der Waals surface area contributed by atoms with E-state index in [4.69, 9.17) is 4.98 Å². The van der Waals surface area contributed by atoms with Gasteiger partial charge in [0.1, 0.15) is 5.01 Å². The molecular weight excluding hydrogens is 272 g/mol. The Balaban J connectivity index is 2.70. The van der Waals surface area contributed by atoms with Crippen molar-refractivity contribution in [3.63, 3.8) is 0 Å². The number of rotatable bonds is 8. The van der Waals surface area contributed by atoms with E-state index in [1.54, 1.807) is 0 Å². The molecule has 0 radical (unpaired) electrons.